The number of rotatable bonds is 30. The molecule has 0 spiro atoms. The number of aliphatic hydroxyl groups excluding tert-OH is 1. The second-order valence-electron chi connectivity index (χ2n) is 12.1. The van der Waals surface area contributed by atoms with Crippen LogP contribution in [0.5, 0.6) is 0 Å². The molecule has 2 aromatic rings. The van der Waals surface area contributed by atoms with E-state index >= 15 is 0 Å². The van der Waals surface area contributed by atoms with E-state index in [1.807, 2.05) is 0 Å². The van der Waals surface area contributed by atoms with Crippen molar-refractivity contribution < 1.29 is 23.5 Å². The lowest BCUT2D eigenvalue weighted by Crippen LogP contribution is -2.30. The standard InChI is InChI=1S/C33H61N4O7P/c1-3-5-6-7-8-9-10-11-12-13-14-15-16-17-18-19-21-42-22-20-23-44-45(41,43-4-2)27-29(38)26-34-24-28-25-35-31-30(28)36-33(40)37-32(31)39/h25,29,34-35,38H,3-24,26-27H2,1-2H3,(H2,36,37,39,40)/t29-,45?/m1/s1. The summed E-state index contributed by atoms with van der Waals surface area (Å²) in [7, 11) is -3.47. The zero-order valence-corrected chi connectivity index (χ0v) is 28.9. The fourth-order valence-corrected chi connectivity index (χ4v) is 7.22. The maximum atomic E-state index is 13.1. The summed E-state index contributed by atoms with van der Waals surface area (Å²) in [6.45, 7) is 6.12. The van der Waals surface area contributed by atoms with Crippen LogP contribution in [-0.4, -0.2) is 65.3 Å². The molecule has 1 unspecified atom stereocenters. The van der Waals surface area contributed by atoms with Crippen LogP contribution in [0.2, 0.25) is 0 Å². The number of hydrogen-bond acceptors (Lipinski definition) is 8. The molecule has 0 aliphatic rings. The van der Waals surface area contributed by atoms with Crippen molar-refractivity contribution in [3.63, 3.8) is 0 Å². The second kappa shape index (κ2) is 24.4. The lowest BCUT2D eigenvalue weighted by molar-refractivity contribution is 0.109. The van der Waals surface area contributed by atoms with Crippen molar-refractivity contribution in [2.24, 2.45) is 0 Å². The smallest absolute Gasteiger partial charge is 0.333 e. The third kappa shape index (κ3) is 17.7. The minimum absolute atomic E-state index is 0.128. The van der Waals surface area contributed by atoms with Crippen molar-refractivity contribution in [2.75, 3.05) is 39.1 Å². The minimum Gasteiger partial charge on any atom is -0.391 e. The van der Waals surface area contributed by atoms with E-state index < -0.39 is 24.9 Å². The Balaban J connectivity index is 1.44. The molecule has 260 valence electrons. The summed E-state index contributed by atoms with van der Waals surface area (Å²) in [5, 5.41) is 13.5. The summed E-state index contributed by atoms with van der Waals surface area (Å²) < 4.78 is 29.8. The maximum Gasteiger partial charge on any atom is 0.333 e. The summed E-state index contributed by atoms with van der Waals surface area (Å²) in [5.41, 5.74) is 0.264. The quantitative estimate of drug-likeness (QED) is 0.0448. The van der Waals surface area contributed by atoms with Crippen LogP contribution in [-0.2, 0) is 24.9 Å². The van der Waals surface area contributed by atoms with E-state index in [2.05, 4.69) is 27.2 Å². The van der Waals surface area contributed by atoms with Crippen LogP contribution in [0.15, 0.2) is 15.8 Å². The van der Waals surface area contributed by atoms with E-state index in [-0.39, 0.29) is 38.0 Å². The van der Waals surface area contributed by atoms with Gasteiger partial charge in [-0.15, -0.1) is 0 Å². The molecule has 2 rings (SSSR count). The molecule has 0 aliphatic carbocycles. The molecule has 0 bridgehead atoms. The number of aromatic amines is 3. The number of fused-ring (bicyclic) bond motifs is 1. The van der Waals surface area contributed by atoms with Gasteiger partial charge in [-0.05, 0) is 19.8 Å². The number of aromatic nitrogens is 3. The fourth-order valence-electron chi connectivity index (χ4n) is 5.49. The van der Waals surface area contributed by atoms with Crippen LogP contribution in [0.4, 0.5) is 0 Å². The molecular weight excluding hydrogens is 595 g/mol. The van der Waals surface area contributed by atoms with Gasteiger partial charge in [-0.2, -0.15) is 0 Å². The molecule has 2 heterocycles. The molecule has 2 atom stereocenters. The first-order valence-corrected chi connectivity index (χ1v) is 19.3. The third-order valence-corrected chi connectivity index (χ3v) is 10.1. The van der Waals surface area contributed by atoms with E-state index in [9.17, 15) is 19.3 Å². The number of ether oxygens (including phenoxy) is 1. The van der Waals surface area contributed by atoms with E-state index in [0.29, 0.717) is 24.1 Å². The number of unbranched alkanes of at least 4 members (excludes halogenated alkanes) is 15. The monoisotopic (exact) mass is 656 g/mol. The van der Waals surface area contributed by atoms with Gasteiger partial charge in [0.1, 0.15) is 5.52 Å². The highest BCUT2D eigenvalue weighted by Crippen LogP contribution is 2.48. The Morgan fingerprint density at radius 2 is 1.33 bits per heavy atom. The number of nitrogens with one attached hydrogen (secondary N) is 4. The van der Waals surface area contributed by atoms with Crippen LogP contribution in [0.1, 0.15) is 129 Å². The molecule has 12 heteroatoms. The van der Waals surface area contributed by atoms with Gasteiger partial charge in [-0.25, -0.2) is 4.79 Å². The Labute approximate surface area is 269 Å². The number of aliphatic hydroxyl groups is 1. The Morgan fingerprint density at radius 3 is 1.93 bits per heavy atom. The summed E-state index contributed by atoms with van der Waals surface area (Å²) >= 11 is 0. The molecule has 2 aromatic heterocycles. The molecule has 0 radical (unpaired) electrons. The van der Waals surface area contributed by atoms with Crippen LogP contribution in [0.25, 0.3) is 11.0 Å². The Hall–Kier alpha value is -1.75. The molecule has 0 fully saturated rings. The number of hydrogen-bond donors (Lipinski definition) is 5. The van der Waals surface area contributed by atoms with Crippen LogP contribution in [0, 0.1) is 0 Å². The third-order valence-electron chi connectivity index (χ3n) is 7.97. The van der Waals surface area contributed by atoms with Gasteiger partial charge >= 0.3 is 13.3 Å². The molecule has 0 aromatic carbocycles. The average molecular weight is 657 g/mol. The topological polar surface area (TPSA) is 159 Å². The second-order valence-corrected chi connectivity index (χ2v) is 14.2. The zero-order chi connectivity index (χ0) is 32.6. The van der Waals surface area contributed by atoms with Crippen molar-refractivity contribution in [3.8, 4) is 0 Å². The van der Waals surface area contributed by atoms with E-state index in [1.54, 1.807) is 13.1 Å². The Morgan fingerprint density at radius 1 is 0.756 bits per heavy atom. The molecule has 0 saturated carbocycles. The lowest BCUT2D eigenvalue weighted by Gasteiger charge is -2.21. The minimum atomic E-state index is -3.47. The zero-order valence-electron chi connectivity index (χ0n) is 28.0. The van der Waals surface area contributed by atoms with Crippen molar-refractivity contribution in [1.29, 1.82) is 0 Å². The summed E-state index contributed by atoms with van der Waals surface area (Å²) in [6, 6.07) is 0. The summed E-state index contributed by atoms with van der Waals surface area (Å²) in [5.74, 6) is 0. The average Bonchev–Trinajstić information content (AvgIpc) is 3.41. The van der Waals surface area contributed by atoms with Crippen molar-refractivity contribution in [3.05, 3.63) is 32.6 Å². The van der Waals surface area contributed by atoms with Crippen LogP contribution >= 0.6 is 7.60 Å². The largest absolute Gasteiger partial charge is 0.391 e. The first-order chi connectivity index (χ1) is 21.9. The normalized spacial score (nSPS) is 13.8. The van der Waals surface area contributed by atoms with Crippen molar-refractivity contribution in [1.82, 2.24) is 20.3 Å². The molecule has 0 amide bonds. The maximum absolute atomic E-state index is 13.1. The predicted octanol–water partition coefficient (Wildman–Crippen LogP) is 6.91. The highest BCUT2D eigenvalue weighted by molar-refractivity contribution is 7.53. The van der Waals surface area contributed by atoms with Gasteiger partial charge in [0, 0.05) is 38.1 Å². The molecule has 5 N–H and O–H groups in total. The molecule has 0 aliphatic heterocycles. The predicted molar refractivity (Wildman–Crippen MR) is 182 cm³/mol. The molecule has 11 nitrogen and oxygen atoms in total. The Bertz CT molecular complexity index is 1180. The number of H-pyrrole nitrogens is 3. The van der Waals surface area contributed by atoms with E-state index in [0.717, 1.165) is 13.0 Å². The molecule has 0 saturated heterocycles. The lowest BCUT2D eigenvalue weighted by atomic mass is 10.0. The highest BCUT2D eigenvalue weighted by Gasteiger charge is 2.28. The first-order valence-electron chi connectivity index (χ1n) is 17.6. The van der Waals surface area contributed by atoms with Gasteiger partial charge in [0.05, 0.1) is 31.0 Å². The van der Waals surface area contributed by atoms with E-state index in [1.165, 1.54) is 96.3 Å². The van der Waals surface area contributed by atoms with Gasteiger partial charge < -0.3 is 34.2 Å². The van der Waals surface area contributed by atoms with Crippen molar-refractivity contribution in [2.45, 2.75) is 136 Å². The van der Waals surface area contributed by atoms with Crippen LogP contribution in [0.3, 0.4) is 0 Å². The van der Waals surface area contributed by atoms with Gasteiger partial charge in [0.25, 0.3) is 5.56 Å². The van der Waals surface area contributed by atoms with Crippen LogP contribution < -0.4 is 16.6 Å². The summed E-state index contributed by atoms with van der Waals surface area (Å²) in [6.07, 6.45) is 22.6. The molecular formula is C33H61N4O7P. The van der Waals surface area contributed by atoms with Crippen molar-refractivity contribution >= 4 is 18.6 Å². The fraction of sp³-hybridized carbons (Fsp3) is 0.818. The van der Waals surface area contributed by atoms with Gasteiger partial charge in [0.2, 0.25) is 0 Å². The highest BCUT2D eigenvalue weighted by atomic mass is 31.2. The van der Waals surface area contributed by atoms with Gasteiger partial charge in [0.15, 0.2) is 0 Å². The molecule has 45 heavy (non-hydrogen) atoms. The van der Waals surface area contributed by atoms with Gasteiger partial charge in [-0.3, -0.25) is 14.3 Å². The van der Waals surface area contributed by atoms with Gasteiger partial charge in [-0.1, -0.05) is 103 Å². The summed E-state index contributed by atoms with van der Waals surface area (Å²) in [4.78, 5) is 31.1. The first kappa shape index (κ1) is 39.4. The Kier molecular flexibility index (Phi) is 21.4. The van der Waals surface area contributed by atoms with E-state index in [4.69, 9.17) is 13.8 Å². The SMILES string of the molecule is CCCCCCCCCCCCCCCCCCOCCCOP(=O)(C[C@H](O)CNCc1c[nH]c2c(=O)[nH]c(=O)[nH]c12)OCC.